The van der Waals surface area contributed by atoms with Crippen LogP contribution in [0.4, 0.5) is 0 Å². The Kier molecular flexibility index (Phi) is 16.8. The van der Waals surface area contributed by atoms with Crippen LogP contribution in [0.5, 0.6) is 0 Å². The maximum Gasteiger partial charge on any atom is 4.00 e. The third-order valence-corrected chi connectivity index (χ3v) is 2.70. The second kappa shape index (κ2) is 13.2. The molecular weight excluding hydrogens is 354 g/mol. The molecule has 0 aromatic heterocycles. The molecule has 0 saturated heterocycles. The first kappa shape index (κ1) is 24.2. The third-order valence-electron chi connectivity index (χ3n) is 2.70. The van der Waals surface area contributed by atoms with Crippen LogP contribution in [-0.2, 0) is 32.6 Å². The molecule has 2 aromatic carbocycles. The first-order valence-corrected chi connectivity index (χ1v) is 6.04. The van der Waals surface area contributed by atoms with Gasteiger partial charge in [0.05, 0.1) is 0 Å². The average molecular weight is 376 g/mol. The SMILES string of the molecule is CCCc1cc(C)c[c-]1C.C[c-]1cccc1.[Cl-].[Cl-].[Zr+4]. The Morgan fingerprint density at radius 2 is 1.58 bits per heavy atom. The monoisotopic (exact) mass is 374 g/mol. The molecule has 0 heterocycles. The Bertz CT molecular complexity index is 402. The normalized spacial score (nSPS) is 8.21. The van der Waals surface area contributed by atoms with E-state index >= 15 is 0 Å². The van der Waals surface area contributed by atoms with Crippen LogP contribution in [-0.4, -0.2) is 0 Å². The molecule has 0 bridgehead atoms. The van der Waals surface area contributed by atoms with Gasteiger partial charge in [-0.15, -0.1) is 0 Å². The summed E-state index contributed by atoms with van der Waals surface area (Å²) in [7, 11) is 0. The minimum absolute atomic E-state index is 0. The molecule has 0 aliphatic carbocycles. The average Bonchev–Trinajstić information content (AvgIpc) is 2.79. The zero-order valence-electron chi connectivity index (χ0n) is 12.1. The molecule has 0 saturated carbocycles. The summed E-state index contributed by atoms with van der Waals surface area (Å²) in [6.45, 7) is 8.66. The van der Waals surface area contributed by atoms with Crippen LogP contribution in [0.3, 0.4) is 0 Å². The van der Waals surface area contributed by atoms with Crippen molar-refractivity contribution in [2.45, 2.75) is 40.5 Å². The van der Waals surface area contributed by atoms with E-state index in [9.17, 15) is 0 Å². The molecule has 2 rings (SSSR count). The molecule has 0 unspecified atom stereocenters. The van der Waals surface area contributed by atoms with Crippen LogP contribution < -0.4 is 24.8 Å². The molecule has 0 atom stereocenters. The van der Waals surface area contributed by atoms with Gasteiger partial charge in [-0.25, -0.2) is 23.8 Å². The van der Waals surface area contributed by atoms with Crippen LogP contribution >= 0.6 is 0 Å². The van der Waals surface area contributed by atoms with Gasteiger partial charge in [0.25, 0.3) is 0 Å². The second-order valence-corrected chi connectivity index (χ2v) is 4.45. The Labute approximate surface area is 149 Å². The van der Waals surface area contributed by atoms with E-state index in [0.29, 0.717) is 0 Å². The molecule has 0 aliphatic heterocycles. The summed E-state index contributed by atoms with van der Waals surface area (Å²) in [5.74, 6) is 0. The molecule has 0 fully saturated rings. The summed E-state index contributed by atoms with van der Waals surface area (Å²) in [4.78, 5) is 0. The van der Waals surface area contributed by atoms with Crippen LogP contribution in [0.25, 0.3) is 0 Å². The summed E-state index contributed by atoms with van der Waals surface area (Å²) in [5, 5.41) is 0. The number of halogens is 2. The van der Waals surface area contributed by atoms with E-state index in [0.717, 1.165) is 0 Å². The Morgan fingerprint density at radius 1 is 1.05 bits per heavy atom. The minimum atomic E-state index is 0. The Hall–Kier alpha value is 0.163. The van der Waals surface area contributed by atoms with Crippen molar-refractivity contribution in [2.75, 3.05) is 0 Å². The number of rotatable bonds is 2. The van der Waals surface area contributed by atoms with Crippen molar-refractivity contribution in [3.8, 4) is 0 Å². The maximum absolute atomic E-state index is 2.29. The minimum Gasteiger partial charge on any atom is -1.00 e. The van der Waals surface area contributed by atoms with Crippen molar-refractivity contribution < 1.29 is 51.0 Å². The second-order valence-electron chi connectivity index (χ2n) is 4.45. The van der Waals surface area contributed by atoms with Crippen LogP contribution in [0.1, 0.15) is 35.6 Å². The molecule has 0 aliphatic rings. The van der Waals surface area contributed by atoms with E-state index in [-0.39, 0.29) is 51.0 Å². The molecule has 3 heteroatoms. The predicted octanol–water partition coefficient (Wildman–Crippen LogP) is -1.31. The van der Waals surface area contributed by atoms with Crippen LogP contribution in [0, 0.1) is 20.8 Å². The van der Waals surface area contributed by atoms with E-state index in [2.05, 4.69) is 52.0 Å². The van der Waals surface area contributed by atoms with Gasteiger partial charge in [-0.2, -0.15) is 34.9 Å². The zero-order chi connectivity index (χ0) is 12.0. The van der Waals surface area contributed by atoms with E-state index < -0.39 is 0 Å². The van der Waals surface area contributed by atoms with Gasteiger partial charge in [0, 0.05) is 0 Å². The van der Waals surface area contributed by atoms with Gasteiger partial charge in [-0.05, 0) is 0 Å². The van der Waals surface area contributed by atoms with Gasteiger partial charge in [-0.1, -0.05) is 40.5 Å². The van der Waals surface area contributed by atoms with E-state index in [1.165, 1.54) is 35.1 Å². The summed E-state index contributed by atoms with van der Waals surface area (Å²) >= 11 is 0. The van der Waals surface area contributed by atoms with Gasteiger partial charge >= 0.3 is 26.2 Å². The summed E-state index contributed by atoms with van der Waals surface area (Å²) in [6, 6.07) is 12.8. The fourth-order valence-electron chi connectivity index (χ4n) is 1.87. The van der Waals surface area contributed by atoms with E-state index in [1.54, 1.807) is 0 Å². The predicted molar refractivity (Wildman–Crippen MR) is 72.3 cm³/mol. The number of hydrogen-bond donors (Lipinski definition) is 0. The summed E-state index contributed by atoms with van der Waals surface area (Å²) in [6.07, 6.45) is 2.49. The van der Waals surface area contributed by atoms with Crippen molar-refractivity contribution >= 4 is 0 Å². The Balaban J connectivity index is -0.000000252. The smallest absolute Gasteiger partial charge is 1.00 e. The standard InChI is InChI=1S/C10H15.C6H7.2ClH.Zr/c1-4-5-10-7-8(2)6-9(10)3;1-6-4-2-3-5-6;;;/h6-7H,4-5H2,1-3H3;2-5H,1H3;2*1H;/q2*-1;;;+4/p-2. The van der Waals surface area contributed by atoms with Crippen LogP contribution in [0.15, 0.2) is 36.4 Å². The first-order valence-electron chi connectivity index (χ1n) is 6.04. The fraction of sp³-hybridized carbons (Fsp3) is 0.375. The summed E-state index contributed by atoms with van der Waals surface area (Å²) in [5.41, 5.74) is 5.73. The molecule has 0 amide bonds. The van der Waals surface area contributed by atoms with Crippen molar-refractivity contribution in [1.29, 1.82) is 0 Å². The quantitative estimate of drug-likeness (QED) is 0.572. The largest absolute Gasteiger partial charge is 4.00 e. The van der Waals surface area contributed by atoms with Crippen LogP contribution in [0.2, 0.25) is 0 Å². The maximum atomic E-state index is 2.29. The van der Waals surface area contributed by atoms with E-state index in [1.807, 2.05) is 12.1 Å². The molecule has 2 aromatic rings. The van der Waals surface area contributed by atoms with Crippen molar-refractivity contribution in [2.24, 2.45) is 0 Å². The molecule has 19 heavy (non-hydrogen) atoms. The summed E-state index contributed by atoms with van der Waals surface area (Å²) < 4.78 is 0. The number of hydrogen-bond acceptors (Lipinski definition) is 0. The van der Waals surface area contributed by atoms with Crippen molar-refractivity contribution in [3.63, 3.8) is 0 Å². The van der Waals surface area contributed by atoms with Gasteiger partial charge in [-0.3, -0.25) is 0 Å². The fourth-order valence-corrected chi connectivity index (χ4v) is 1.87. The molecule has 0 nitrogen and oxygen atoms in total. The molecular formula is C16H22Cl2Zr. The molecule has 104 valence electrons. The Morgan fingerprint density at radius 3 is 1.84 bits per heavy atom. The number of aryl methyl sites for hydroxylation is 4. The van der Waals surface area contributed by atoms with Crippen molar-refractivity contribution in [3.05, 3.63) is 58.7 Å². The van der Waals surface area contributed by atoms with E-state index in [4.69, 9.17) is 0 Å². The van der Waals surface area contributed by atoms with Gasteiger partial charge in [0.15, 0.2) is 0 Å². The van der Waals surface area contributed by atoms with Gasteiger partial charge in [0.1, 0.15) is 0 Å². The van der Waals surface area contributed by atoms with Gasteiger partial charge in [0.2, 0.25) is 0 Å². The zero-order valence-corrected chi connectivity index (χ0v) is 16.1. The van der Waals surface area contributed by atoms with Crippen molar-refractivity contribution in [1.82, 2.24) is 0 Å². The van der Waals surface area contributed by atoms with Gasteiger partial charge < -0.3 is 24.8 Å². The third kappa shape index (κ3) is 9.66. The topological polar surface area (TPSA) is 0 Å². The molecule has 0 radical (unpaired) electrons. The molecule has 0 N–H and O–H groups in total. The molecule has 0 spiro atoms. The first-order chi connectivity index (χ1) is 7.63.